The lowest BCUT2D eigenvalue weighted by Crippen LogP contribution is -2.54. The summed E-state index contributed by atoms with van der Waals surface area (Å²) < 4.78 is 5.90. The Bertz CT molecular complexity index is 638. The Kier molecular flexibility index (Phi) is 3.53. The molecule has 0 saturated heterocycles. The predicted molar refractivity (Wildman–Crippen MR) is 88.5 cm³/mol. The molecule has 3 heteroatoms. The van der Waals surface area contributed by atoms with Gasteiger partial charge in [-0.25, -0.2) is 0 Å². The predicted octanol–water partition coefficient (Wildman–Crippen LogP) is 3.83. The van der Waals surface area contributed by atoms with Gasteiger partial charge >= 0.3 is 0 Å². The lowest BCUT2D eigenvalue weighted by molar-refractivity contribution is -0.149. The highest BCUT2D eigenvalue weighted by Crippen LogP contribution is 2.59. The van der Waals surface area contributed by atoms with E-state index in [4.69, 9.17) is 4.74 Å². The van der Waals surface area contributed by atoms with Gasteiger partial charge in [0.25, 0.3) is 0 Å². The fourth-order valence-electron chi connectivity index (χ4n) is 5.81. The molecule has 0 heterocycles. The van der Waals surface area contributed by atoms with Crippen LogP contribution >= 0.6 is 0 Å². The number of phenolic OH excluding ortho intramolecular Hbond substituents is 1. The van der Waals surface area contributed by atoms with Crippen molar-refractivity contribution in [2.75, 3.05) is 7.11 Å². The summed E-state index contributed by atoms with van der Waals surface area (Å²) in [4.78, 5) is 12.7. The van der Waals surface area contributed by atoms with E-state index in [1.54, 1.807) is 13.2 Å². The number of fused-ring (bicyclic) bond motifs is 5. The van der Waals surface area contributed by atoms with Gasteiger partial charge in [0.15, 0.2) is 0 Å². The maximum atomic E-state index is 12.7. The van der Waals surface area contributed by atoms with Crippen LogP contribution in [0.2, 0.25) is 0 Å². The molecule has 3 aliphatic rings. The van der Waals surface area contributed by atoms with Crippen LogP contribution in [0.1, 0.15) is 56.1 Å². The molecule has 1 aromatic carbocycles. The molecule has 4 rings (SSSR count). The molecule has 2 saturated carbocycles. The Morgan fingerprint density at radius 1 is 1.26 bits per heavy atom. The number of benzene rings is 1. The minimum absolute atomic E-state index is 0.104. The molecule has 0 amide bonds. The zero-order valence-corrected chi connectivity index (χ0v) is 14.0. The monoisotopic (exact) mass is 314 g/mol. The van der Waals surface area contributed by atoms with Gasteiger partial charge in [0.05, 0.1) is 6.10 Å². The molecule has 0 aromatic heterocycles. The zero-order chi connectivity index (χ0) is 16.2. The van der Waals surface area contributed by atoms with Crippen LogP contribution < -0.4 is 0 Å². The highest BCUT2D eigenvalue weighted by Gasteiger charge is 2.56. The minimum atomic E-state index is -0.200. The number of aromatic hydroxyl groups is 1. The van der Waals surface area contributed by atoms with E-state index in [0.717, 1.165) is 32.1 Å². The van der Waals surface area contributed by atoms with E-state index in [1.807, 2.05) is 6.07 Å². The van der Waals surface area contributed by atoms with Crippen LogP contribution in [0.3, 0.4) is 0 Å². The summed E-state index contributed by atoms with van der Waals surface area (Å²) in [7, 11) is 1.79. The molecule has 1 N–H and O–H groups in total. The van der Waals surface area contributed by atoms with Gasteiger partial charge in [0.1, 0.15) is 11.5 Å². The van der Waals surface area contributed by atoms with Crippen LogP contribution in [-0.4, -0.2) is 24.1 Å². The number of carbonyl (C=O) groups excluding carboxylic acids is 1. The van der Waals surface area contributed by atoms with Gasteiger partial charge in [-0.1, -0.05) is 13.0 Å². The number of hydrogen-bond acceptors (Lipinski definition) is 3. The number of methoxy groups -OCH3 is 1. The van der Waals surface area contributed by atoms with E-state index in [1.165, 1.54) is 17.5 Å². The summed E-state index contributed by atoms with van der Waals surface area (Å²) in [5.74, 6) is 2.19. The number of aryl methyl sites for hydroxylation is 1. The fraction of sp³-hybridized carbons (Fsp3) is 0.650. The average Bonchev–Trinajstić information content (AvgIpc) is 2.54. The molecule has 0 aliphatic heterocycles. The minimum Gasteiger partial charge on any atom is -0.508 e. The third-order valence-electron chi connectivity index (χ3n) is 6.91. The van der Waals surface area contributed by atoms with Gasteiger partial charge in [-0.2, -0.15) is 0 Å². The largest absolute Gasteiger partial charge is 0.508 e. The van der Waals surface area contributed by atoms with Gasteiger partial charge < -0.3 is 9.84 Å². The van der Waals surface area contributed by atoms with Gasteiger partial charge in [0.2, 0.25) is 0 Å². The summed E-state index contributed by atoms with van der Waals surface area (Å²) >= 11 is 0. The normalized spacial score (nSPS) is 39.3. The Hall–Kier alpha value is -1.35. The summed E-state index contributed by atoms with van der Waals surface area (Å²) in [5, 5.41) is 9.79. The van der Waals surface area contributed by atoms with Crippen molar-refractivity contribution in [1.29, 1.82) is 0 Å². The lowest BCUT2D eigenvalue weighted by Gasteiger charge is -2.55. The SMILES string of the molecule is CO[C@H]1C[C@]2(C)C(=O)CCC[C@H]2[C@@H]2CCc3cc(O)ccc3[C@H]21. The second-order valence-electron chi connectivity index (χ2n) is 7.93. The summed E-state index contributed by atoms with van der Waals surface area (Å²) in [5.41, 5.74) is 2.40. The van der Waals surface area contributed by atoms with E-state index in [0.29, 0.717) is 29.3 Å². The summed E-state index contributed by atoms with van der Waals surface area (Å²) in [6, 6.07) is 5.80. The van der Waals surface area contributed by atoms with Crippen molar-refractivity contribution in [1.82, 2.24) is 0 Å². The van der Waals surface area contributed by atoms with Crippen molar-refractivity contribution in [3.05, 3.63) is 29.3 Å². The zero-order valence-electron chi connectivity index (χ0n) is 14.0. The number of Topliss-reactive ketones (excluding diaryl/α,β-unsaturated/α-hetero) is 1. The Balaban J connectivity index is 1.78. The van der Waals surface area contributed by atoms with Crippen molar-refractivity contribution in [2.24, 2.45) is 17.3 Å². The van der Waals surface area contributed by atoms with Gasteiger partial charge in [0, 0.05) is 24.9 Å². The topological polar surface area (TPSA) is 46.5 Å². The quantitative estimate of drug-likeness (QED) is 0.857. The van der Waals surface area contributed by atoms with Crippen molar-refractivity contribution in [3.63, 3.8) is 0 Å². The first-order valence-corrected chi connectivity index (χ1v) is 8.92. The van der Waals surface area contributed by atoms with Crippen molar-refractivity contribution < 1.29 is 14.6 Å². The third-order valence-corrected chi connectivity index (χ3v) is 6.91. The first-order chi connectivity index (χ1) is 11.0. The number of ether oxygens (including phenoxy) is 1. The maximum Gasteiger partial charge on any atom is 0.139 e. The molecule has 23 heavy (non-hydrogen) atoms. The maximum absolute atomic E-state index is 12.7. The first-order valence-electron chi connectivity index (χ1n) is 8.92. The molecule has 0 radical (unpaired) electrons. The molecule has 124 valence electrons. The molecule has 0 unspecified atom stereocenters. The van der Waals surface area contributed by atoms with E-state index >= 15 is 0 Å². The molecule has 3 nitrogen and oxygen atoms in total. The molecular formula is C20H26O3. The highest BCUT2D eigenvalue weighted by atomic mass is 16.5. The molecule has 3 aliphatic carbocycles. The highest BCUT2D eigenvalue weighted by molar-refractivity contribution is 5.86. The van der Waals surface area contributed by atoms with Crippen LogP contribution in [0.4, 0.5) is 0 Å². The second kappa shape index (κ2) is 5.34. The van der Waals surface area contributed by atoms with Crippen LogP contribution in [0.15, 0.2) is 18.2 Å². The molecule has 0 spiro atoms. The Labute approximate surface area is 138 Å². The summed E-state index contributed by atoms with van der Waals surface area (Å²) in [6.07, 6.45) is 6.01. The smallest absolute Gasteiger partial charge is 0.139 e. The van der Waals surface area contributed by atoms with E-state index in [2.05, 4.69) is 13.0 Å². The van der Waals surface area contributed by atoms with Crippen molar-refractivity contribution in [3.8, 4) is 5.75 Å². The van der Waals surface area contributed by atoms with E-state index < -0.39 is 0 Å². The van der Waals surface area contributed by atoms with Crippen LogP contribution in [0.5, 0.6) is 5.75 Å². The first kappa shape index (κ1) is 15.2. The Morgan fingerprint density at radius 3 is 2.87 bits per heavy atom. The molecule has 1 aromatic rings. The molecule has 5 atom stereocenters. The van der Waals surface area contributed by atoms with Gasteiger partial charge in [-0.3, -0.25) is 4.79 Å². The van der Waals surface area contributed by atoms with E-state index in [-0.39, 0.29) is 11.5 Å². The van der Waals surface area contributed by atoms with Crippen LogP contribution in [0.25, 0.3) is 0 Å². The standard InChI is InChI=1S/C20H26O3/c1-20-11-17(23-2)19-14-9-7-13(21)10-12(14)6-8-15(19)16(20)4-3-5-18(20)22/h7,9-10,15-17,19,21H,3-6,8,11H2,1-2H3/t15-,16-,17-,19+,20-/m0/s1. The lowest BCUT2D eigenvalue weighted by atomic mass is 9.49. The number of hydrogen-bond donors (Lipinski definition) is 1. The number of phenols is 1. The Morgan fingerprint density at radius 2 is 2.09 bits per heavy atom. The third kappa shape index (κ3) is 2.16. The molecule has 2 fully saturated rings. The van der Waals surface area contributed by atoms with Crippen molar-refractivity contribution in [2.45, 2.75) is 57.5 Å². The molecular weight excluding hydrogens is 288 g/mol. The number of carbonyl (C=O) groups is 1. The number of rotatable bonds is 1. The number of ketones is 1. The summed E-state index contributed by atoms with van der Waals surface area (Å²) in [6.45, 7) is 2.19. The van der Waals surface area contributed by atoms with Crippen LogP contribution in [-0.2, 0) is 16.0 Å². The van der Waals surface area contributed by atoms with E-state index in [9.17, 15) is 9.90 Å². The van der Waals surface area contributed by atoms with Gasteiger partial charge in [-0.15, -0.1) is 0 Å². The fourth-order valence-corrected chi connectivity index (χ4v) is 5.81. The van der Waals surface area contributed by atoms with Gasteiger partial charge in [-0.05, 0) is 67.2 Å². The van der Waals surface area contributed by atoms with Crippen molar-refractivity contribution >= 4 is 5.78 Å². The molecule has 0 bridgehead atoms. The van der Waals surface area contributed by atoms with Crippen LogP contribution in [0, 0.1) is 17.3 Å². The average molecular weight is 314 g/mol. The second-order valence-corrected chi connectivity index (χ2v) is 7.93.